The fourth-order valence-corrected chi connectivity index (χ4v) is 3.53. The third kappa shape index (κ3) is 2.75. The molecule has 2 aromatic carbocycles. The topological polar surface area (TPSA) is 30.9 Å². The molecule has 0 fully saturated rings. The maximum atomic E-state index is 6.38. The summed E-state index contributed by atoms with van der Waals surface area (Å²) in [5.74, 6) is 2.83. The van der Waals surface area contributed by atoms with E-state index in [2.05, 4.69) is 43.3 Å². The molecule has 2 aliphatic rings. The lowest BCUT2D eigenvalue weighted by molar-refractivity contribution is 0.128. The summed E-state index contributed by atoms with van der Waals surface area (Å²) >= 11 is 0. The van der Waals surface area contributed by atoms with Crippen LogP contribution in [0.1, 0.15) is 17.2 Å². The van der Waals surface area contributed by atoms with Crippen molar-refractivity contribution < 1.29 is 14.2 Å². The number of rotatable bonds is 4. The molecule has 2 aromatic rings. The molecule has 0 saturated heterocycles. The molecule has 0 radical (unpaired) electrons. The van der Waals surface area contributed by atoms with Crippen molar-refractivity contribution in [2.45, 2.75) is 12.5 Å². The SMILES string of the molecule is CN(C)CC1Cc2ccccc2C1Oc1ccc2c(c1)OCO2. The van der Waals surface area contributed by atoms with Gasteiger partial charge in [0.2, 0.25) is 6.79 Å². The molecule has 1 aliphatic carbocycles. The van der Waals surface area contributed by atoms with E-state index < -0.39 is 0 Å². The number of nitrogens with zero attached hydrogens (tertiary/aromatic N) is 1. The zero-order valence-corrected chi connectivity index (χ0v) is 13.5. The van der Waals surface area contributed by atoms with Gasteiger partial charge in [-0.3, -0.25) is 0 Å². The van der Waals surface area contributed by atoms with Crippen LogP contribution in [0.5, 0.6) is 17.2 Å². The lowest BCUT2D eigenvalue weighted by Crippen LogP contribution is -2.27. The first-order valence-electron chi connectivity index (χ1n) is 7.99. The highest BCUT2D eigenvalue weighted by Crippen LogP contribution is 2.42. The number of fused-ring (bicyclic) bond motifs is 2. The van der Waals surface area contributed by atoms with Gasteiger partial charge in [-0.25, -0.2) is 0 Å². The van der Waals surface area contributed by atoms with E-state index in [0.29, 0.717) is 5.92 Å². The third-order valence-electron chi connectivity index (χ3n) is 4.48. The molecule has 2 unspecified atom stereocenters. The van der Waals surface area contributed by atoms with Gasteiger partial charge in [-0.1, -0.05) is 24.3 Å². The number of hydrogen-bond acceptors (Lipinski definition) is 4. The average molecular weight is 311 g/mol. The van der Waals surface area contributed by atoms with E-state index in [1.165, 1.54) is 11.1 Å². The smallest absolute Gasteiger partial charge is 0.231 e. The van der Waals surface area contributed by atoms with Crippen LogP contribution in [0.2, 0.25) is 0 Å². The van der Waals surface area contributed by atoms with E-state index in [1.807, 2.05) is 18.2 Å². The molecular formula is C19H21NO3. The summed E-state index contributed by atoms with van der Waals surface area (Å²) < 4.78 is 17.2. The van der Waals surface area contributed by atoms with Gasteiger partial charge >= 0.3 is 0 Å². The second kappa shape index (κ2) is 5.78. The number of ether oxygens (including phenoxy) is 3. The van der Waals surface area contributed by atoms with Crippen LogP contribution in [0.4, 0.5) is 0 Å². The zero-order valence-electron chi connectivity index (χ0n) is 13.5. The molecule has 0 N–H and O–H groups in total. The minimum atomic E-state index is 0.0778. The Hall–Kier alpha value is -2.20. The summed E-state index contributed by atoms with van der Waals surface area (Å²) in [6.07, 6.45) is 1.14. The van der Waals surface area contributed by atoms with E-state index >= 15 is 0 Å². The summed E-state index contributed by atoms with van der Waals surface area (Å²) in [6, 6.07) is 14.4. The summed E-state index contributed by atoms with van der Waals surface area (Å²) in [5, 5.41) is 0. The van der Waals surface area contributed by atoms with Gasteiger partial charge in [0.05, 0.1) is 0 Å². The summed E-state index contributed by atoms with van der Waals surface area (Å²) in [6.45, 7) is 1.29. The minimum Gasteiger partial charge on any atom is -0.485 e. The largest absolute Gasteiger partial charge is 0.485 e. The van der Waals surface area contributed by atoms with Crippen LogP contribution >= 0.6 is 0 Å². The van der Waals surface area contributed by atoms with Gasteiger partial charge in [0, 0.05) is 18.5 Å². The molecule has 1 heterocycles. The third-order valence-corrected chi connectivity index (χ3v) is 4.48. The standard InChI is InChI=1S/C19H21NO3/c1-20(2)11-14-9-13-5-3-4-6-16(13)19(14)23-15-7-8-17-18(10-15)22-12-21-17/h3-8,10,14,19H,9,11-12H2,1-2H3. The molecule has 0 amide bonds. The van der Waals surface area contributed by atoms with Crippen LogP contribution in [0.25, 0.3) is 0 Å². The van der Waals surface area contributed by atoms with Gasteiger partial charge in [0.1, 0.15) is 11.9 Å². The molecular weight excluding hydrogens is 290 g/mol. The first kappa shape index (κ1) is 14.4. The van der Waals surface area contributed by atoms with Gasteiger partial charge in [-0.05, 0) is 43.8 Å². The molecule has 0 aromatic heterocycles. The Kier molecular flexibility index (Phi) is 3.62. The van der Waals surface area contributed by atoms with Crippen molar-refractivity contribution in [3.05, 3.63) is 53.6 Å². The Morgan fingerprint density at radius 1 is 1.09 bits per heavy atom. The quantitative estimate of drug-likeness (QED) is 0.867. The second-order valence-corrected chi connectivity index (χ2v) is 6.48. The molecule has 4 heteroatoms. The molecule has 4 rings (SSSR count). The maximum Gasteiger partial charge on any atom is 0.231 e. The van der Waals surface area contributed by atoms with E-state index in [-0.39, 0.29) is 12.9 Å². The maximum absolute atomic E-state index is 6.38. The Bertz CT molecular complexity index is 714. The lowest BCUT2D eigenvalue weighted by Gasteiger charge is -2.25. The van der Waals surface area contributed by atoms with Crippen molar-refractivity contribution in [3.8, 4) is 17.2 Å². The molecule has 0 saturated carbocycles. The van der Waals surface area contributed by atoms with Gasteiger partial charge in [-0.2, -0.15) is 0 Å². The molecule has 4 nitrogen and oxygen atoms in total. The molecule has 2 atom stereocenters. The highest BCUT2D eigenvalue weighted by molar-refractivity contribution is 5.47. The summed E-state index contributed by atoms with van der Waals surface area (Å²) in [4.78, 5) is 2.23. The van der Waals surface area contributed by atoms with Crippen molar-refractivity contribution in [1.82, 2.24) is 4.90 Å². The van der Waals surface area contributed by atoms with E-state index in [9.17, 15) is 0 Å². The molecule has 1 aliphatic heterocycles. The fourth-order valence-electron chi connectivity index (χ4n) is 3.53. The lowest BCUT2D eigenvalue weighted by atomic mass is 10.0. The second-order valence-electron chi connectivity index (χ2n) is 6.48. The fraction of sp³-hybridized carbons (Fsp3) is 0.368. The predicted molar refractivity (Wildman–Crippen MR) is 88.1 cm³/mol. The van der Waals surface area contributed by atoms with Gasteiger partial charge in [-0.15, -0.1) is 0 Å². The van der Waals surface area contributed by atoms with Crippen molar-refractivity contribution in [3.63, 3.8) is 0 Å². The number of benzene rings is 2. The molecule has 0 spiro atoms. The molecule has 120 valence electrons. The van der Waals surface area contributed by atoms with E-state index in [4.69, 9.17) is 14.2 Å². The Labute approximate surface area is 136 Å². The monoisotopic (exact) mass is 311 g/mol. The van der Waals surface area contributed by atoms with E-state index in [1.54, 1.807) is 0 Å². The van der Waals surface area contributed by atoms with Crippen LogP contribution in [0, 0.1) is 5.92 Å². The Balaban J connectivity index is 1.62. The van der Waals surface area contributed by atoms with Crippen molar-refractivity contribution in [1.29, 1.82) is 0 Å². The average Bonchev–Trinajstić information content (AvgIpc) is 3.12. The van der Waals surface area contributed by atoms with Crippen LogP contribution in [0.3, 0.4) is 0 Å². The first-order chi connectivity index (χ1) is 11.2. The normalized spacial score (nSPS) is 21.5. The van der Waals surface area contributed by atoms with Crippen molar-refractivity contribution in [2.24, 2.45) is 5.92 Å². The molecule has 0 bridgehead atoms. The highest BCUT2D eigenvalue weighted by atomic mass is 16.7. The Morgan fingerprint density at radius 3 is 2.78 bits per heavy atom. The van der Waals surface area contributed by atoms with Crippen molar-refractivity contribution >= 4 is 0 Å². The van der Waals surface area contributed by atoms with Crippen LogP contribution in [0.15, 0.2) is 42.5 Å². The van der Waals surface area contributed by atoms with Gasteiger partial charge in [0.15, 0.2) is 11.5 Å². The highest BCUT2D eigenvalue weighted by Gasteiger charge is 2.34. The summed E-state index contributed by atoms with van der Waals surface area (Å²) in [7, 11) is 4.22. The zero-order chi connectivity index (χ0) is 15.8. The molecule has 23 heavy (non-hydrogen) atoms. The minimum absolute atomic E-state index is 0.0778. The number of hydrogen-bond donors (Lipinski definition) is 0. The van der Waals surface area contributed by atoms with Crippen molar-refractivity contribution in [2.75, 3.05) is 27.4 Å². The Morgan fingerprint density at radius 2 is 1.91 bits per heavy atom. The van der Waals surface area contributed by atoms with E-state index in [0.717, 1.165) is 30.2 Å². The van der Waals surface area contributed by atoms with Crippen LogP contribution in [-0.4, -0.2) is 32.3 Å². The summed E-state index contributed by atoms with van der Waals surface area (Å²) in [5.41, 5.74) is 2.70. The van der Waals surface area contributed by atoms with Gasteiger partial charge < -0.3 is 19.1 Å². The van der Waals surface area contributed by atoms with Crippen LogP contribution < -0.4 is 14.2 Å². The van der Waals surface area contributed by atoms with Gasteiger partial charge in [0.25, 0.3) is 0 Å². The first-order valence-corrected chi connectivity index (χ1v) is 7.99. The predicted octanol–water partition coefficient (Wildman–Crippen LogP) is 3.27. The van der Waals surface area contributed by atoms with Crippen LogP contribution in [-0.2, 0) is 6.42 Å².